The normalized spacial score (nSPS) is 21.4. The van der Waals surface area contributed by atoms with Gasteiger partial charge in [0.2, 0.25) is 0 Å². The van der Waals surface area contributed by atoms with Crippen LogP contribution in [0.2, 0.25) is 0 Å². The zero-order chi connectivity index (χ0) is 15.4. The van der Waals surface area contributed by atoms with Crippen molar-refractivity contribution in [3.63, 3.8) is 0 Å². The van der Waals surface area contributed by atoms with Gasteiger partial charge in [-0.25, -0.2) is 4.98 Å². The molecule has 1 N–H and O–H groups in total. The topological polar surface area (TPSA) is 60.2 Å². The van der Waals surface area contributed by atoms with E-state index >= 15 is 0 Å². The molecular weight excluding hydrogens is 274 g/mol. The van der Waals surface area contributed by atoms with Gasteiger partial charge in [0, 0.05) is 24.7 Å². The summed E-state index contributed by atoms with van der Waals surface area (Å²) in [5.74, 6) is 0.721. The second kappa shape index (κ2) is 6.17. The predicted octanol–water partition coefficient (Wildman–Crippen LogP) is 2.48. The van der Waals surface area contributed by atoms with Gasteiger partial charge in [0.15, 0.2) is 0 Å². The molecule has 1 aromatic heterocycles. The highest BCUT2D eigenvalue weighted by molar-refractivity contribution is 5.54. The fourth-order valence-electron chi connectivity index (χ4n) is 3.30. The lowest BCUT2D eigenvalue weighted by Crippen LogP contribution is -2.49. The first-order valence-electron chi connectivity index (χ1n) is 7.55. The summed E-state index contributed by atoms with van der Waals surface area (Å²) in [7, 11) is 0. The van der Waals surface area contributed by atoms with Crippen LogP contribution in [-0.2, 0) is 5.41 Å². The van der Waals surface area contributed by atoms with Crippen LogP contribution in [0.3, 0.4) is 0 Å². The minimum absolute atomic E-state index is 0.0994. The quantitative estimate of drug-likeness (QED) is 0.944. The highest BCUT2D eigenvalue weighted by Gasteiger charge is 2.37. The second-order valence-corrected chi connectivity index (χ2v) is 5.82. The van der Waals surface area contributed by atoms with Gasteiger partial charge in [0.1, 0.15) is 11.9 Å². The van der Waals surface area contributed by atoms with Crippen molar-refractivity contribution in [3.05, 3.63) is 59.8 Å². The van der Waals surface area contributed by atoms with Crippen LogP contribution in [0.1, 0.15) is 24.0 Å². The number of hydrogen-bond acceptors (Lipinski definition) is 4. The van der Waals surface area contributed by atoms with E-state index in [4.69, 9.17) is 0 Å². The SMILES string of the molecule is N#Cc1cccnc1N1CCC[C@@](CO)(c2ccccc2)C1. The first-order chi connectivity index (χ1) is 10.8. The molecule has 1 aliphatic rings. The average Bonchev–Trinajstić information content (AvgIpc) is 2.62. The fraction of sp³-hybridized carbons (Fsp3) is 0.333. The van der Waals surface area contributed by atoms with Crippen LogP contribution in [0.15, 0.2) is 48.7 Å². The van der Waals surface area contributed by atoms with E-state index in [1.807, 2.05) is 18.2 Å². The average molecular weight is 293 g/mol. The van der Waals surface area contributed by atoms with Gasteiger partial charge < -0.3 is 10.0 Å². The zero-order valence-electron chi connectivity index (χ0n) is 12.4. The third-order valence-corrected chi connectivity index (χ3v) is 4.47. The molecule has 2 heterocycles. The van der Waals surface area contributed by atoms with Crippen LogP contribution in [0.25, 0.3) is 0 Å². The molecule has 0 aliphatic carbocycles. The lowest BCUT2D eigenvalue weighted by molar-refractivity contribution is 0.172. The number of hydrogen-bond donors (Lipinski definition) is 1. The molecule has 0 unspecified atom stereocenters. The Kier molecular flexibility index (Phi) is 4.08. The first-order valence-corrected chi connectivity index (χ1v) is 7.55. The van der Waals surface area contributed by atoms with E-state index in [2.05, 4.69) is 28.1 Å². The summed E-state index contributed by atoms with van der Waals surface area (Å²) in [6, 6.07) is 15.9. The number of aromatic nitrogens is 1. The number of anilines is 1. The Bertz CT molecular complexity index is 680. The molecule has 1 aromatic carbocycles. The number of piperidine rings is 1. The highest BCUT2D eigenvalue weighted by Crippen LogP contribution is 2.35. The summed E-state index contributed by atoms with van der Waals surface area (Å²) < 4.78 is 0. The highest BCUT2D eigenvalue weighted by atomic mass is 16.3. The van der Waals surface area contributed by atoms with Gasteiger partial charge in [-0.2, -0.15) is 5.26 Å². The third-order valence-electron chi connectivity index (χ3n) is 4.47. The van der Waals surface area contributed by atoms with E-state index in [0.29, 0.717) is 12.1 Å². The van der Waals surface area contributed by atoms with Crippen molar-refractivity contribution in [1.82, 2.24) is 4.98 Å². The predicted molar refractivity (Wildman–Crippen MR) is 85.6 cm³/mol. The molecule has 112 valence electrons. The van der Waals surface area contributed by atoms with Crippen LogP contribution in [0.4, 0.5) is 5.82 Å². The molecule has 2 aromatic rings. The maximum atomic E-state index is 10.1. The number of nitrogens with zero attached hydrogens (tertiary/aromatic N) is 3. The number of aliphatic hydroxyl groups is 1. The van der Waals surface area contributed by atoms with Gasteiger partial charge in [0.25, 0.3) is 0 Å². The van der Waals surface area contributed by atoms with Gasteiger partial charge in [-0.1, -0.05) is 30.3 Å². The van der Waals surface area contributed by atoms with E-state index in [1.165, 1.54) is 0 Å². The van der Waals surface area contributed by atoms with Crippen molar-refractivity contribution in [2.45, 2.75) is 18.3 Å². The van der Waals surface area contributed by atoms with E-state index in [9.17, 15) is 10.4 Å². The molecule has 1 atom stereocenters. The molecule has 0 spiro atoms. The molecule has 4 heteroatoms. The van der Waals surface area contributed by atoms with Gasteiger partial charge in [-0.3, -0.25) is 0 Å². The largest absolute Gasteiger partial charge is 0.395 e. The Balaban J connectivity index is 1.95. The Hall–Kier alpha value is -2.38. The van der Waals surface area contributed by atoms with Gasteiger partial charge in [-0.05, 0) is 30.5 Å². The summed E-state index contributed by atoms with van der Waals surface area (Å²) in [6.45, 7) is 1.64. The summed E-state index contributed by atoms with van der Waals surface area (Å²) in [6.07, 6.45) is 3.63. The van der Waals surface area contributed by atoms with Crippen molar-refractivity contribution in [3.8, 4) is 6.07 Å². The van der Waals surface area contributed by atoms with Gasteiger partial charge in [-0.15, -0.1) is 0 Å². The summed E-state index contributed by atoms with van der Waals surface area (Å²) in [5, 5.41) is 19.4. The Morgan fingerprint density at radius 1 is 1.23 bits per heavy atom. The van der Waals surface area contributed by atoms with Crippen molar-refractivity contribution in [2.75, 3.05) is 24.6 Å². The summed E-state index contributed by atoms with van der Waals surface area (Å²) in [5.41, 5.74) is 1.45. The number of pyridine rings is 1. The van der Waals surface area contributed by atoms with Crippen LogP contribution in [-0.4, -0.2) is 29.8 Å². The van der Waals surface area contributed by atoms with Crippen molar-refractivity contribution in [2.24, 2.45) is 0 Å². The first kappa shape index (κ1) is 14.6. The molecule has 22 heavy (non-hydrogen) atoms. The minimum Gasteiger partial charge on any atom is -0.395 e. The van der Waals surface area contributed by atoms with Crippen LogP contribution < -0.4 is 4.90 Å². The second-order valence-electron chi connectivity index (χ2n) is 5.82. The van der Waals surface area contributed by atoms with E-state index in [0.717, 1.165) is 30.8 Å². The summed E-state index contributed by atoms with van der Waals surface area (Å²) in [4.78, 5) is 6.52. The summed E-state index contributed by atoms with van der Waals surface area (Å²) >= 11 is 0. The smallest absolute Gasteiger partial charge is 0.146 e. The number of benzene rings is 1. The Labute approximate surface area is 130 Å². The minimum atomic E-state index is -0.288. The molecule has 0 amide bonds. The number of nitriles is 1. The van der Waals surface area contributed by atoms with Crippen molar-refractivity contribution >= 4 is 5.82 Å². The van der Waals surface area contributed by atoms with Gasteiger partial charge in [0.05, 0.1) is 12.2 Å². The van der Waals surface area contributed by atoms with Gasteiger partial charge >= 0.3 is 0 Å². The van der Waals surface area contributed by atoms with E-state index < -0.39 is 0 Å². The Morgan fingerprint density at radius 3 is 2.77 bits per heavy atom. The number of rotatable bonds is 3. The monoisotopic (exact) mass is 293 g/mol. The lowest BCUT2D eigenvalue weighted by atomic mass is 9.74. The molecule has 0 bridgehead atoms. The molecule has 3 rings (SSSR count). The maximum absolute atomic E-state index is 10.1. The molecule has 0 saturated carbocycles. The zero-order valence-corrected chi connectivity index (χ0v) is 12.4. The molecule has 1 fully saturated rings. The van der Waals surface area contributed by atoms with E-state index in [-0.39, 0.29) is 12.0 Å². The molecular formula is C18H19N3O. The fourth-order valence-corrected chi connectivity index (χ4v) is 3.30. The maximum Gasteiger partial charge on any atom is 0.146 e. The van der Waals surface area contributed by atoms with Crippen LogP contribution in [0.5, 0.6) is 0 Å². The van der Waals surface area contributed by atoms with Crippen LogP contribution >= 0.6 is 0 Å². The van der Waals surface area contributed by atoms with Crippen molar-refractivity contribution in [1.29, 1.82) is 5.26 Å². The Morgan fingerprint density at radius 2 is 2.05 bits per heavy atom. The molecule has 1 saturated heterocycles. The number of aliphatic hydroxyl groups excluding tert-OH is 1. The van der Waals surface area contributed by atoms with Crippen molar-refractivity contribution < 1.29 is 5.11 Å². The molecule has 1 aliphatic heterocycles. The molecule has 0 radical (unpaired) electrons. The van der Waals surface area contributed by atoms with Crippen LogP contribution in [0, 0.1) is 11.3 Å². The lowest BCUT2D eigenvalue weighted by Gasteiger charge is -2.43. The standard InChI is InChI=1S/C18H19N3O/c19-12-15-6-4-10-20-17(15)21-11-5-9-18(13-21,14-22)16-7-2-1-3-8-16/h1-4,6-8,10,22H,5,9,11,13-14H2/t18-/m1/s1. The molecule has 4 nitrogen and oxygen atoms in total. The third kappa shape index (κ3) is 2.56. The van der Waals surface area contributed by atoms with E-state index in [1.54, 1.807) is 18.3 Å².